The Morgan fingerprint density at radius 3 is 2.83 bits per heavy atom. The van der Waals surface area contributed by atoms with Gasteiger partial charge in [-0.3, -0.25) is 0 Å². The first-order valence-corrected chi connectivity index (χ1v) is 4.30. The van der Waals surface area contributed by atoms with Crippen LogP contribution in [0.4, 0.5) is 0 Å². The van der Waals surface area contributed by atoms with Gasteiger partial charge in [0, 0.05) is 20.3 Å². The molecule has 0 aromatic rings. The first kappa shape index (κ1) is 11.6. The average molecular weight is 173 g/mol. The number of hydrogen-bond acceptors (Lipinski definition) is 3. The number of rotatable bonds is 9. The maximum atomic E-state index is 5.20. The van der Waals surface area contributed by atoms with Crippen LogP contribution in [0, 0.1) is 0 Å². The van der Waals surface area contributed by atoms with Gasteiger partial charge in [0.1, 0.15) is 0 Å². The molecule has 12 heavy (non-hydrogen) atoms. The lowest BCUT2D eigenvalue weighted by Gasteiger charge is -2.03. The van der Waals surface area contributed by atoms with Crippen molar-refractivity contribution < 1.29 is 9.47 Å². The molecule has 0 atom stereocenters. The Kier molecular flexibility index (Phi) is 10.3. The maximum absolute atomic E-state index is 5.20. The van der Waals surface area contributed by atoms with Crippen molar-refractivity contribution in [1.82, 2.24) is 5.32 Å². The first-order valence-electron chi connectivity index (χ1n) is 4.30. The Bertz CT molecular complexity index is 96.5. The molecule has 0 aliphatic carbocycles. The van der Waals surface area contributed by atoms with Gasteiger partial charge in [0.15, 0.2) is 0 Å². The topological polar surface area (TPSA) is 30.5 Å². The average Bonchev–Trinajstić information content (AvgIpc) is 2.10. The minimum Gasteiger partial charge on any atom is -0.383 e. The van der Waals surface area contributed by atoms with Crippen molar-refractivity contribution in [2.45, 2.75) is 6.42 Å². The van der Waals surface area contributed by atoms with E-state index in [-0.39, 0.29) is 0 Å². The van der Waals surface area contributed by atoms with Crippen LogP contribution < -0.4 is 5.32 Å². The van der Waals surface area contributed by atoms with Gasteiger partial charge in [-0.1, -0.05) is 6.08 Å². The highest BCUT2D eigenvalue weighted by Gasteiger charge is 1.87. The van der Waals surface area contributed by atoms with Crippen LogP contribution in [0.25, 0.3) is 0 Å². The Balaban J connectivity index is 2.77. The van der Waals surface area contributed by atoms with Gasteiger partial charge in [0.2, 0.25) is 0 Å². The lowest BCUT2D eigenvalue weighted by molar-refractivity contribution is 0.157. The Morgan fingerprint density at radius 1 is 1.33 bits per heavy atom. The van der Waals surface area contributed by atoms with Crippen molar-refractivity contribution in [2.24, 2.45) is 0 Å². The zero-order chi connectivity index (χ0) is 9.07. The summed E-state index contributed by atoms with van der Waals surface area (Å²) < 4.78 is 10.1. The number of nitrogens with one attached hydrogen (secondary N) is 1. The predicted octanol–water partition coefficient (Wildman–Crippen LogP) is 0.815. The normalized spacial score (nSPS) is 10.1. The summed E-state index contributed by atoms with van der Waals surface area (Å²) in [5.41, 5.74) is 0. The quantitative estimate of drug-likeness (QED) is 0.413. The van der Waals surface area contributed by atoms with Crippen LogP contribution >= 0.6 is 0 Å². The zero-order valence-electron chi connectivity index (χ0n) is 7.84. The third kappa shape index (κ3) is 9.62. The molecule has 0 amide bonds. The van der Waals surface area contributed by atoms with Crippen LogP contribution in [0.5, 0.6) is 0 Å². The van der Waals surface area contributed by atoms with E-state index in [9.17, 15) is 0 Å². The van der Waals surface area contributed by atoms with E-state index < -0.39 is 0 Å². The predicted molar refractivity (Wildman–Crippen MR) is 50.4 cm³/mol. The van der Waals surface area contributed by atoms with Crippen LogP contribution in [0.2, 0.25) is 0 Å². The fourth-order valence-corrected chi connectivity index (χ4v) is 0.765. The minimum atomic E-state index is 0.651. The van der Waals surface area contributed by atoms with E-state index >= 15 is 0 Å². The molecule has 72 valence electrons. The van der Waals surface area contributed by atoms with Crippen molar-refractivity contribution in [3.8, 4) is 0 Å². The molecule has 3 heteroatoms. The summed E-state index contributed by atoms with van der Waals surface area (Å²) in [6.07, 6.45) is 2.80. The second kappa shape index (κ2) is 10.6. The van der Waals surface area contributed by atoms with Crippen LogP contribution in [-0.2, 0) is 9.47 Å². The first-order chi connectivity index (χ1) is 5.91. The lowest BCUT2D eigenvalue weighted by atomic mass is 10.4. The zero-order valence-corrected chi connectivity index (χ0v) is 7.84. The molecule has 3 nitrogen and oxygen atoms in total. The second-order valence-corrected chi connectivity index (χ2v) is 2.46. The maximum Gasteiger partial charge on any atom is 0.0644 e. The van der Waals surface area contributed by atoms with Crippen LogP contribution in [-0.4, -0.2) is 40.0 Å². The van der Waals surface area contributed by atoms with E-state index in [0.717, 1.165) is 32.7 Å². The largest absolute Gasteiger partial charge is 0.383 e. The number of methoxy groups -OCH3 is 1. The van der Waals surface area contributed by atoms with Crippen molar-refractivity contribution in [1.29, 1.82) is 0 Å². The van der Waals surface area contributed by atoms with E-state index in [1.807, 2.05) is 0 Å². The van der Waals surface area contributed by atoms with Gasteiger partial charge in [-0.05, 0) is 13.0 Å². The van der Waals surface area contributed by atoms with Gasteiger partial charge < -0.3 is 14.8 Å². The molecular formula is C9H19NO2. The van der Waals surface area contributed by atoms with Crippen molar-refractivity contribution in [3.05, 3.63) is 12.7 Å². The molecule has 0 aromatic heterocycles. The molecule has 0 unspecified atom stereocenters. The summed E-state index contributed by atoms with van der Waals surface area (Å²) in [7, 11) is 1.70. The van der Waals surface area contributed by atoms with Gasteiger partial charge in [-0.15, -0.1) is 6.58 Å². The number of ether oxygens (including phenoxy) is 2. The van der Waals surface area contributed by atoms with Crippen LogP contribution in [0.3, 0.4) is 0 Å². The highest BCUT2D eigenvalue weighted by Crippen LogP contribution is 1.80. The Hall–Kier alpha value is -0.380. The summed E-state index contributed by atoms with van der Waals surface area (Å²) >= 11 is 0. The molecule has 0 saturated carbocycles. The smallest absolute Gasteiger partial charge is 0.0644 e. The highest BCUT2D eigenvalue weighted by atomic mass is 16.5. The van der Waals surface area contributed by atoms with E-state index in [2.05, 4.69) is 11.9 Å². The van der Waals surface area contributed by atoms with E-state index in [1.54, 1.807) is 13.2 Å². The summed E-state index contributed by atoms with van der Waals surface area (Å²) in [6.45, 7) is 7.68. The van der Waals surface area contributed by atoms with E-state index in [0.29, 0.717) is 6.61 Å². The summed E-state index contributed by atoms with van der Waals surface area (Å²) in [5, 5.41) is 3.23. The third-order valence-corrected chi connectivity index (χ3v) is 1.36. The van der Waals surface area contributed by atoms with E-state index in [1.165, 1.54) is 0 Å². The van der Waals surface area contributed by atoms with E-state index in [4.69, 9.17) is 9.47 Å². The standard InChI is InChI=1S/C9H19NO2/c1-3-7-12-8-4-5-10-6-9-11-2/h3,10H,1,4-9H2,2H3. The molecule has 0 bridgehead atoms. The lowest BCUT2D eigenvalue weighted by Crippen LogP contribution is -2.21. The van der Waals surface area contributed by atoms with Crippen molar-refractivity contribution >= 4 is 0 Å². The van der Waals surface area contributed by atoms with Crippen LogP contribution in [0.1, 0.15) is 6.42 Å². The molecule has 0 saturated heterocycles. The molecule has 0 aliphatic rings. The molecule has 0 aliphatic heterocycles. The fourth-order valence-electron chi connectivity index (χ4n) is 0.765. The minimum absolute atomic E-state index is 0.651. The van der Waals surface area contributed by atoms with Crippen LogP contribution in [0.15, 0.2) is 12.7 Å². The molecule has 0 aromatic carbocycles. The van der Waals surface area contributed by atoms with Gasteiger partial charge in [-0.2, -0.15) is 0 Å². The third-order valence-electron chi connectivity index (χ3n) is 1.36. The van der Waals surface area contributed by atoms with Gasteiger partial charge in [0.25, 0.3) is 0 Å². The van der Waals surface area contributed by atoms with Crippen molar-refractivity contribution in [3.63, 3.8) is 0 Å². The molecule has 0 spiro atoms. The monoisotopic (exact) mass is 173 g/mol. The van der Waals surface area contributed by atoms with Gasteiger partial charge in [-0.25, -0.2) is 0 Å². The Morgan fingerprint density at radius 2 is 2.17 bits per heavy atom. The van der Waals surface area contributed by atoms with Gasteiger partial charge >= 0.3 is 0 Å². The molecule has 1 N–H and O–H groups in total. The number of hydrogen-bond donors (Lipinski definition) is 1. The molecule has 0 rings (SSSR count). The fraction of sp³-hybridized carbons (Fsp3) is 0.778. The molecule has 0 fully saturated rings. The second-order valence-electron chi connectivity index (χ2n) is 2.46. The summed E-state index contributed by atoms with van der Waals surface area (Å²) in [6, 6.07) is 0. The van der Waals surface area contributed by atoms with Crippen molar-refractivity contribution in [2.75, 3.05) is 40.0 Å². The highest BCUT2D eigenvalue weighted by molar-refractivity contribution is 4.63. The molecule has 0 radical (unpaired) electrons. The molecule has 0 heterocycles. The SMILES string of the molecule is C=CCOCCCNCCOC. The Labute approximate surface area is 74.7 Å². The summed E-state index contributed by atoms with van der Waals surface area (Å²) in [4.78, 5) is 0. The van der Waals surface area contributed by atoms with Gasteiger partial charge in [0.05, 0.1) is 13.2 Å². The summed E-state index contributed by atoms with van der Waals surface area (Å²) in [5.74, 6) is 0. The molecular weight excluding hydrogens is 154 g/mol.